The zero-order valence-electron chi connectivity index (χ0n) is 11.5. The molecule has 2 N–H and O–H groups in total. The normalized spacial score (nSPS) is 32.1. The maximum atomic E-state index is 6.10. The third-order valence-corrected chi connectivity index (χ3v) is 6.21. The minimum Gasteiger partial charge on any atom is -0.329 e. The van der Waals surface area contributed by atoms with Crippen LogP contribution < -0.4 is 5.73 Å². The van der Waals surface area contributed by atoms with Crippen LogP contribution >= 0.6 is 11.8 Å². The molecule has 100 valence electrons. The van der Waals surface area contributed by atoms with Gasteiger partial charge in [-0.3, -0.25) is 4.90 Å². The molecular weight excluding hydrogens is 230 g/mol. The SMILES string of the molecule is CSC1(C(CN)N2CCN(C)CC2C)CCC1. The molecule has 1 aliphatic heterocycles. The highest BCUT2D eigenvalue weighted by molar-refractivity contribution is 8.00. The maximum Gasteiger partial charge on any atom is 0.0369 e. The smallest absolute Gasteiger partial charge is 0.0369 e. The lowest BCUT2D eigenvalue weighted by molar-refractivity contribution is 0.0326. The minimum absolute atomic E-state index is 0.457. The molecule has 1 saturated carbocycles. The van der Waals surface area contributed by atoms with Gasteiger partial charge in [-0.15, -0.1) is 0 Å². The molecule has 4 heteroatoms. The first-order chi connectivity index (χ1) is 8.13. The molecule has 2 unspecified atom stereocenters. The molecule has 0 radical (unpaired) electrons. The standard InChI is InChI=1S/C13H27N3S/c1-11-10-15(2)7-8-16(11)12(9-14)13(17-3)5-4-6-13/h11-12H,4-10,14H2,1-3H3. The van der Waals surface area contributed by atoms with E-state index in [0.29, 0.717) is 16.8 Å². The molecule has 2 aliphatic rings. The monoisotopic (exact) mass is 257 g/mol. The highest BCUT2D eigenvalue weighted by Crippen LogP contribution is 2.47. The third-order valence-electron chi connectivity index (χ3n) is 4.72. The molecule has 0 amide bonds. The fourth-order valence-electron chi connectivity index (χ4n) is 3.47. The van der Waals surface area contributed by atoms with Crippen molar-refractivity contribution >= 4 is 11.8 Å². The van der Waals surface area contributed by atoms with E-state index < -0.39 is 0 Å². The second kappa shape index (κ2) is 5.47. The topological polar surface area (TPSA) is 32.5 Å². The number of hydrogen-bond donors (Lipinski definition) is 1. The Balaban J connectivity index is 2.07. The van der Waals surface area contributed by atoms with Gasteiger partial charge in [0.2, 0.25) is 0 Å². The lowest BCUT2D eigenvalue weighted by Gasteiger charge is -2.54. The summed E-state index contributed by atoms with van der Waals surface area (Å²) in [6.45, 7) is 6.72. The van der Waals surface area contributed by atoms with Crippen molar-refractivity contribution in [3.63, 3.8) is 0 Å². The van der Waals surface area contributed by atoms with Gasteiger partial charge in [-0.05, 0) is 33.1 Å². The predicted molar refractivity (Wildman–Crippen MR) is 76.6 cm³/mol. The summed E-state index contributed by atoms with van der Waals surface area (Å²) in [5.74, 6) is 0. The van der Waals surface area contributed by atoms with Crippen molar-refractivity contribution in [2.75, 3.05) is 39.5 Å². The average Bonchev–Trinajstić information content (AvgIpc) is 2.24. The van der Waals surface area contributed by atoms with Crippen molar-refractivity contribution in [3.8, 4) is 0 Å². The molecule has 2 fully saturated rings. The molecule has 1 saturated heterocycles. The molecule has 2 rings (SSSR count). The summed E-state index contributed by atoms with van der Waals surface area (Å²) in [5.41, 5.74) is 6.10. The molecule has 3 nitrogen and oxygen atoms in total. The fraction of sp³-hybridized carbons (Fsp3) is 1.00. The summed E-state index contributed by atoms with van der Waals surface area (Å²) in [5, 5.41) is 0. The Labute approximate surface area is 110 Å². The van der Waals surface area contributed by atoms with Gasteiger partial charge in [-0.2, -0.15) is 11.8 Å². The Hall–Kier alpha value is 0.230. The van der Waals surface area contributed by atoms with Crippen molar-refractivity contribution in [2.24, 2.45) is 5.73 Å². The van der Waals surface area contributed by atoms with Crippen LogP contribution in [0.2, 0.25) is 0 Å². The summed E-state index contributed by atoms with van der Waals surface area (Å²) in [4.78, 5) is 5.11. The molecule has 0 aromatic rings. The van der Waals surface area contributed by atoms with E-state index in [2.05, 4.69) is 41.8 Å². The first kappa shape index (κ1) is 13.7. The minimum atomic E-state index is 0.457. The number of likely N-dealkylation sites (N-methyl/N-ethyl adjacent to an activating group) is 1. The summed E-state index contributed by atoms with van der Waals surface area (Å²) in [6.07, 6.45) is 6.37. The fourth-order valence-corrected chi connectivity index (χ4v) is 4.67. The van der Waals surface area contributed by atoms with Gasteiger partial charge in [0, 0.05) is 43.0 Å². The van der Waals surface area contributed by atoms with E-state index >= 15 is 0 Å². The quantitative estimate of drug-likeness (QED) is 0.821. The number of nitrogens with two attached hydrogens (primary N) is 1. The van der Waals surface area contributed by atoms with Crippen LogP contribution in [-0.2, 0) is 0 Å². The molecule has 0 aromatic heterocycles. The number of piperazine rings is 1. The molecule has 2 atom stereocenters. The molecule has 1 aliphatic carbocycles. The van der Waals surface area contributed by atoms with E-state index in [0.717, 1.165) is 6.54 Å². The lowest BCUT2D eigenvalue weighted by Crippen LogP contribution is -2.64. The zero-order chi connectivity index (χ0) is 12.5. The van der Waals surface area contributed by atoms with Gasteiger partial charge in [0.25, 0.3) is 0 Å². The van der Waals surface area contributed by atoms with Crippen LogP contribution in [0, 0.1) is 0 Å². The number of nitrogens with zero attached hydrogens (tertiary/aromatic N) is 2. The second-order valence-corrected chi connectivity index (χ2v) is 6.94. The van der Waals surface area contributed by atoms with Crippen molar-refractivity contribution in [2.45, 2.75) is 43.0 Å². The van der Waals surface area contributed by atoms with E-state index in [1.54, 1.807) is 0 Å². The van der Waals surface area contributed by atoms with Gasteiger partial charge in [0.15, 0.2) is 0 Å². The van der Waals surface area contributed by atoms with Crippen molar-refractivity contribution in [3.05, 3.63) is 0 Å². The highest BCUT2D eigenvalue weighted by Gasteiger charge is 2.46. The van der Waals surface area contributed by atoms with Gasteiger partial charge >= 0.3 is 0 Å². The van der Waals surface area contributed by atoms with Crippen LogP contribution in [0.4, 0.5) is 0 Å². The Morgan fingerprint density at radius 1 is 1.41 bits per heavy atom. The molecular formula is C13H27N3S. The van der Waals surface area contributed by atoms with E-state index in [4.69, 9.17) is 5.73 Å². The Morgan fingerprint density at radius 3 is 2.53 bits per heavy atom. The van der Waals surface area contributed by atoms with Crippen LogP contribution in [0.5, 0.6) is 0 Å². The Kier molecular flexibility index (Phi) is 4.40. The highest BCUT2D eigenvalue weighted by atomic mass is 32.2. The Bertz CT molecular complexity index is 250. The largest absolute Gasteiger partial charge is 0.329 e. The third kappa shape index (κ3) is 2.50. The number of hydrogen-bond acceptors (Lipinski definition) is 4. The van der Waals surface area contributed by atoms with E-state index in [-0.39, 0.29) is 0 Å². The van der Waals surface area contributed by atoms with Crippen molar-refractivity contribution in [1.29, 1.82) is 0 Å². The number of thioether (sulfide) groups is 1. The number of rotatable bonds is 4. The van der Waals surface area contributed by atoms with Crippen molar-refractivity contribution < 1.29 is 0 Å². The van der Waals surface area contributed by atoms with Crippen molar-refractivity contribution in [1.82, 2.24) is 9.80 Å². The lowest BCUT2D eigenvalue weighted by atomic mass is 9.77. The predicted octanol–water partition coefficient (Wildman–Crippen LogP) is 1.24. The maximum absolute atomic E-state index is 6.10. The van der Waals surface area contributed by atoms with E-state index in [9.17, 15) is 0 Å². The molecule has 1 heterocycles. The van der Waals surface area contributed by atoms with Crippen LogP contribution in [0.25, 0.3) is 0 Å². The molecule has 0 spiro atoms. The van der Waals surface area contributed by atoms with Gasteiger partial charge in [-0.25, -0.2) is 0 Å². The van der Waals surface area contributed by atoms with Crippen LogP contribution in [0.15, 0.2) is 0 Å². The molecule has 0 bridgehead atoms. The Morgan fingerprint density at radius 2 is 2.12 bits per heavy atom. The summed E-state index contributed by atoms with van der Waals surface area (Å²) >= 11 is 2.05. The van der Waals surface area contributed by atoms with Crippen LogP contribution in [-0.4, -0.2) is 66.1 Å². The van der Waals surface area contributed by atoms with Gasteiger partial charge in [0.1, 0.15) is 0 Å². The van der Waals surface area contributed by atoms with Gasteiger partial charge in [0.05, 0.1) is 0 Å². The zero-order valence-corrected chi connectivity index (χ0v) is 12.3. The van der Waals surface area contributed by atoms with Gasteiger partial charge < -0.3 is 10.6 Å². The average molecular weight is 257 g/mol. The van der Waals surface area contributed by atoms with Gasteiger partial charge in [-0.1, -0.05) is 6.42 Å². The van der Waals surface area contributed by atoms with E-state index in [1.807, 2.05) is 0 Å². The first-order valence-electron chi connectivity index (χ1n) is 6.82. The molecule has 17 heavy (non-hydrogen) atoms. The summed E-state index contributed by atoms with van der Waals surface area (Å²) in [7, 11) is 2.22. The molecule has 0 aromatic carbocycles. The second-order valence-electron chi connectivity index (χ2n) is 5.72. The van der Waals surface area contributed by atoms with Crippen LogP contribution in [0.3, 0.4) is 0 Å². The summed E-state index contributed by atoms with van der Waals surface area (Å²) < 4.78 is 0.457. The summed E-state index contributed by atoms with van der Waals surface area (Å²) in [6, 6.07) is 1.22. The first-order valence-corrected chi connectivity index (χ1v) is 8.05. The van der Waals surface area contributed by atoms with E-state index in [1.165, 1.54) is 38.9 Å². The van der Waals surface area contributed by atoms with Crippen LogP contribution in [0.1, 0.15) is 26.2 Å².